The number of hydrogen-bond donors (Lipinski definition) is 1. The molecule has 2 rings (SSSR count). The monoisotopic (exact) mass is 270 g/mol. The second kappa shape index (κ2) is 6.75. The van der Waals surface area contributed by atoms with Crippen LogP contribution in [0.5, 0.6) is 5.75 Å². The van der Waals surface area contributed by atoms with Crippen molar-refractivity contribution in [3.63, 3.8) is 0 Å². The maximum Gasteiger partial charge on any atom is 0.340 e. The maximum atomic E-state index is 11.6. The molecule has 0 fully saturated rings. The second-order valence-electron chi connectivity index (χ2n) is 4.55. The summed E-state index contributed by atoms with van der Waals surface area (Å²) >= 11 is 0. The van der Waals surface area contributed by atoms with Gasteiger partial charge in [-0.1, -0.05) is 55.8 Å². The molecule has 0 saturated heterocycles. The van der Waals surface area contributed by atoms with Crippen LogP contribution in [0, 0.1) is 0 Å². The number of aromatic carboxylic acids is 1. The minimum atomic E-state index is -0.962. The Balaban J connectivity index is 2.42. The summed E-state index contributed by atoms with van der Waals surface area (Å²) in [4.78, 5) is 11.6. The van der Waals surface area contributed by atoms with Gasteiger partial charge in [-0.2, -0.15) is 0 Å². The van der Waals surface area contributed by atoms with Crippen molar-refractivity contribution in [1.29, 1.82) is 0 Å². The van der Waals surface area contributed by atoms with Crippen LogP contribution in [0.2, 0.25) is 0 Å². The molecule has 0 aliphatic carbocycles. The van der Waals surface area contributed by atoms with Crippen LogP contribution in [-0.4, -0.2) is 17.7 Å². The van der Waals surface area contributed by atoms with Crippen LogP contribution in [0.3, 0.4) is 0 Å². The van der Waals surface area contributed by atoms with Crippen LogP contribution in [0.1, 0.15) is 30.1 Å². The number of hydrogen-bond acceptors (Lipinski definition) is 2. The van der Waals surface area contributed by atoms with Crippen molar-refractivity contribution >= 4 is 5.97 Å². The molecule has 0 bridgehead atoms. The number of benzene rings is 2. The lowest BCUT2D eigenvalue weighted by molar-refractivity contribution is 0.0693. The first kappa shape index (κ1) is 14.1. The number of unbranched alkanes of at least 4 members (excludes halogenated alkanes) is 1. The molecule has 0 aliphatic heterocycles. The molecule has 2 aromatic carbocycles. The Labute approximate surface area is 118 Å². The average Bonchev–Trinajstić information content (AvgIpc) is 2.48. The first-order valence-electron chi connectivity index (χ1n) is 6.78. The number of carboxylic acid groups (broad SMARTS) is 1. The van der Waals surface area contributed by atoms with E-state index in [1.54, 1.807) is 6.07 Å². The third kappa shape index (κ3) is 3.18. The smallest absolute Gasteiger partial charge is 0.340 e. The van der Waals surface area contributed by atoms with Gasteiger partial charge >= 0.3 is 5.97 Å². The average molecular weight is 270 g/mol. The molecule has 20 heavy (non-hydrogen) atoms. The van der Waals surface area contributed by atoms with E-state index < -0.39 is 5.97 Å². The van der Waals surface area contributed by atoms with Crippen molar-refractivity contribution in [2.75, 3.05) is 6.61 Å². The molecular formula is C17H18O3. The van der Waals surface area contributed by atoms with Gasteiger partial charge in [0.2, 0.25) is 0 Å². The first-order chi connectivity index (χ1) is 9.74. The van der Waals surface area contributed by atoms with E-state index in [4.69, 9.17) is 4.74 Å². The predicted molar refractivity (Wildman–Crippen MR) is 79.2 cm³/mol. The highest BCUT2D eigenvalue weighted by Crippen LogP contribution is 2.30. The van der Waals surface area contributed by atoms with Crippen molar-refractivity contribution in [3.05, 3.63) is 54.1 Å². The predicted octanol–water partition coefficient (Wildman–Crippen LogP) is 4.23. The van der Waals surface area contributed by atoms with E-state index in [1.165, 1.54) is 0 Å². The van der Waals surface area contributed by atoms with E-state index in [9.17, 15) is 9.90 Å². The Bertz CT molecular complexity index is 576. The van der Waals surface area contributed by atoms with Gasteiger partial charge in [-0.25, -0.2) is 4.79 Å². The number of carbonyl (C=O) groups is 1. The summed E-state index contributed by atoms with van der Waals surface area (Å²) in [6.45, 7) is 2.61. The Morgan fingerprint density at radius 2 is 1.85 bits per heavy atom. The standard InChI is InChI=1S/C17H18O3/c1-2-3-12-20-15-11-7-10-14(16(15)17(18)19)13-8-5-4-6-9-13/h4-11H,2-3,12H2,1H3,(H,18,19). The van der Waals surface area contributed by atoms with Crippen LogP contribution < -0.4 is 4.74 Å². The molecule has 0 aromatic heterocycles. The lowest BCUT2D eigenvalue weighted by atomic mass is 9.99. The number of carboxylic acids is 1. The molecule has 3 nitrogen and oxygen atoms in total. The van der Waals surface area contributed by atoms with E-state index >= 15 is 0 Å². The summed E-state index contributed by atoms with van der Waals surface area (Å²) in [5.41, 5.74) is 1.80. The minimum Gasteiger partial charge on any atom is -0.493 e. The molecule has 0 amide bonds. The summed E-state index contributed by atoms with van der Waals surface area (Å²) in [7, 11) is 0. The second-order valence-corrected chi connectivity index (χ2v) is 4.55. The molecule has 0 heterocycles. The summed E-state index contributed by atoms with van der Waals surface area (Å²) in [6.07, 6.45) is 1.93. The summed E-state index contributed by atoms with van der Waals surface area (Å²) in [5.74, 6) is -0.525. The highest BCUT2D eigenvalue weighted by molar-refractivity contribution is 5.99. The molecule has 3 heteroatoms. The molecular weight excluding hydrogens is 252 g/mol. The quantitative estimate of drug-likeness (QED) is 0.799. The van der Waals surface area contributed by atoms with E-state index in [0.29, 0.717) is 17.9 Å². The topological polar surface area (TPSA) is 46.5 Å². The molecule has 0 saturated carbocycles. The molecule has 2 aromatic rings. The van der Waals surface area contributed by atoms with Crippen LogP contribution in [0.25, 0.3) is 11.1 Å². The SMILES string of the molecule is CCCCOc1cccc(-c2ccccc2)c1C(=O)O. The summed E-state index contributed by atoms with van der Waals surface area (Å²) < 4.78 is 5.62. The molecule has 0 radical (unpaired) electrons. The van der Waals surface area contributed by atoms with E-state index in [-0.39, 0.29) is 5.56 Å². The Morgan fingerprint density at radius 3 is 2.50 bits per heavy atom. The van der Waals surface area contributed by atoms with Gasteiger partial charge in [-0.15, -0.1) is 0 Å². The van der Waals surface area contributed by atoms with Gasteiger partial charge < -0.3 is 9.84 Å². The van der Waals surface area contributed by atoms with Gasteiger partial charge in [-0.05, 0) is 23.6 Å². The fourth-order valence-corrected chi connectivity index (χ4v) is 2.06. The molecule has 1 N–H and O–H groups in total. The normalized spacial score (nSPS) is 10.2. The van der Waals surface area contributed by atoms with Crippen molar-refractivity contribution in [2.24, 2.45) is 0 Å². The van der Waals surface area contributed by atoms with E-state index in [1.807, 2.05) is 42.5 Å². The zero-order valence-corrected chi connectivity index (χ0v) is 11.5. The van der Waals surface area contributed by atoms with Gasteiger partial charge in [0.1, 0.15) is 11.3 Å². The van der Waals surface area contributed by atoms with E-state index in [2.05, 4.69) is 6.92 Å². The fraction of sp³-hybridized carbons (Fsp3) is 0.235. The van der Waals surface area contributed by atoms with E-state index in [0.717, 1.165) is 18.4 Å². The van der Waals surface area contributed by atoms with Gasteiger partial charge in [0.05, 0.1) is 6.61 Å². The number of rotatable bonds is 6. The van der Waals surface area contributed by atoms with Gasteiger partial charge in [0.15, 0.2) is 0 Å². The van der Waals surface area contributed by atoms with Crippen molar-refractivity contribution in [2.45, 2.75) is 19.8 Å². The summed E-state index contributed by atoms with van der Waals surface area (Å²) in [6, 6.07) is 14.9. The first-order valence-corrected chi connectivity index (χ1v) is 6.78. The van der Waals surface area contributed by atoms with Crippen LogP contribution in [0.15, 0.2) is 48.5 Å². The highest BCUT2D eigenvalue weighted by Gasteiger charge is 2.17. The highest BCUT2D eigenvalue weighted by atomic mass is 16.5. The maximum absolute atomic E-state index is 11.6. The van der Waals surface area contributed by atoms with Crippen LogP contribution in [-0.2, 0) is 0 Å². The fourth-order valence-electron chi connectivity index (χ4n) is 2.06. The Morgan fingerprint density at radius 1 is 1.10 bits per heavy atom. The van der Waals surface area contributed by atoms with Gasteiger partial charge in [0, 0.05) is 0 Å². The Hall–Kier alpha value is -2.29. The Kier molecular flexibility index (Phi) is 4.77. The van der Waals surface area contributed by atoms with Crippen LogP contribution >= 0.6 is 0 Å². The third-order valence-corrected chi connectivity index (χ3v) is 3.08. The largest absolute Gasteiger partial charge is 0.493 e. The van der Waals surface area contributed by atoms with Gasteiger partial charge in [-0.3, -0.25) is 0 Å². The summed E-state index contributed by atoms with van der Waals surface area (Å²) in [5, 5.41) is 9.48. The number of ether oxygens (including phenoxy) is 1. The van der Waals surface area contributed by atoms with Gasteiger partial charge in [0.25, 0.3) is 0 Å². The lowest BCUT2D eigenvalue weighted by Gasteiger charge is -2.12. The molecule has 0 aliphatic rings. The van der Waals surface area contributed by atoms with Crippen molar-refractivity contribution in [1.82, 2.24) is 0 Å². The zero-order chi connectivity index (χ0) is 14.4. The van der Waals surface area contributed by atoms with Crippen molar-refractivity contribution < 1.29 is 14.6 Å². The third-order valence-electron chi connectivity index (χ3n) is 3.08. The molecule has 0 spiro atoms. The molecule has 104 valence electrons. The minimum absolute atomic E-state index is 0.231. The lowest BCUT2D eigenvalue weighted by Crippen LogP contribution is -2.06. The van der Waals surface area contributed by atoms with Crippen molar-refractivity contribution in [3.8, 4) is 16.9 Å². The van der Waals surface area contributed by atoms with Crippen LogP contribution in [0.4, 0.5) is 0 Å². The molecule has 0 atom stereocenters. The molecule has 0 unspecified atom stereocenters. The zero-order valence-electron chi connectivity index (χ0n) is 11.5.